The van der Waals surface area contributed by atoms with Crippen molar-refractivity contribution in [3.05, 3.63) is 53.2 Å². The van der Waals surface area contributed by atoms with E-state index in [1.807, 2.05) is 0 Å². The molecule has 0 saturated carbocycles. The number of amides is 1. The fourth-order valence-electron chi connectivity index (χ4n) is 2.61. The minimum absolute atomic E-state index is 0.0678. The van der Waals surface area contributed by atoms with Crippen molar-refractivity contribution in [2.24, 2.45) is 0 Å². The van der Waals surface area contributed by atoms with Crippen molar-refractivity contribution >= 4 is 6.09 Å². The van der Waals surface area contributed by atoms with Gasteiger partial charge in [-0.3, -0.25) is 14.3 Å². The molecule has 2 aromatic heterocycles. The number of hydrogen-bond acceptors (Lipinski definition) is 4. The van der Waals surface area contributed by atoms with Crippen molar-refractivity contribution in [1.29, 1.82) is 0 Å². The predicted molar refractivity (Wildman–Crippen MR) is 83.1 cm³/mol. The van der Waals surface area contributed by atoms with Gasteiger partial charge in [-0.15, -0.1) is 0 Å². The van der Waals surface area contributed by atoms with Crippen LogP contribution in [0.25, 0.3) is 5.69 Å². The average molecular weight is 315 g/mol. The first-order chi connectivity index (χ1) is 11.1. The van der Waals surface area contributed by atoms with Gasteiger partial charge in [-0.05, 0) is 18.2 Å². The number of aromatic nitrogens is 2. The van der Waals surface area contributed by atoms with Crippen LogP contribution in [0.3, 0.4) is 0 Å². The van der Waals surface area contributed by atoms with E-state index in [1.165, 1.54) is 15.5 Å². The maximum absolute atomic E-state index is 12.2. The number of rotatable bonds is 3. The molecule has 7 heteroatoms. The van der Waals surface area contributed by atoms with E-state index < -0.39 is 6.09 Å². The molecular weight excluding hydrogens is 298 g/mol. The van der Waals surface area contributed by atoms with Crippen LogP contribution in [0.5, 0.6) is 5.75 Å². The predicted octanol–water partition coefficient (Wildman–Crippen LogP) is 1.75. The Morgan fingerprint density at radius 3 is 2.52 bits per heavy atom. The molecule has 0 aromatic carbocycles. The molecule has 1 aliphatic heterocycles. The van der Waals surface area contributed by atoms with Gasteiger partial charge in [0.1, 0.15) is 11.9 Å². The average Bonchev–Trinajstić information content (AvgIpc) is 2.56. The van der Waals surface area contributed by atoms with Gasteiger partial charge in [0.25, 0.3) is 5.56 Å². The van der Waals surface area contributed by atoms with E-state index in [4.69, 9.17) is 9.84 Å². The van der Waals surface area contributed by atoms with Gasteiger partial charge < -0.3 is 14.7 Å². The largest absolute Gasteiger partial charge is 0.490 e. The second-order valence-corrected chi connectivity index (χ2v) is 5.36. The molecule has 0 bridgehead atoms. The number of carboxylic acid groups (broad SMARTS) is 1. The van der Waals surface area contributed by atoms with Crippen molar-refractivity contribution in [3.8, 4) is 11.4 Å². The van der Waals surface area contributed by atoms with Gasteiger partial charge in [0.2, 0.25) is 0 Å². The van der Waals surface area contributed by atoms with Crippen molar-refractivity contribution in [3.63, 3.8) is 0 Å². The van der Waals surface area contributed by atoms with Crippen LogP contribution in [0.2, 0.25) is 0 Å². The number of nitrogens with zero attached hydrogens (tertiary/aromatic N) is 3. The highest BCUT2D eigenvalue weighted by Gasteiger charge is 2.23. The third-order valence-corrected chi connectivity index (χ3v) is 3.85. The summed E-state index contributed by atoms with van der Waals surface area (Å²) in [5.74, 6) is 0.508. The molecule has 0 aliphatic carbocycles. The maximum Gasteiger partial charge on any atom is 0.407 e. The Hall–Kier alpha value is -2.83. The molecule has 1 aliphatic rings. The van der Waals surface area contributed by atoms with Crippen LogP contribution in [0, 0.1) is 0 Å². The molecule has 3 rings (SSSR count). The minimum atomic E-state index is -0.900. The molecule has 1 saturated heterocycles. The third kappa shape index (κ3) is 3.50. The molecule has 0 spiro atoms. The maximum atomic E-state index is 12.2. The molecule has 3 heterocycles. The zero-order valence-electron chi connectivity index (χ0n) is 12.5. The number of hydrogen-bond donors (Lipinski definition) is 1. The Morgan fingerprint density at radius 2 is 1.91 bits per heavy atom. The molecule has 0 unspecified atom stereocenters. The van der Waals surface area contributed by atoms with Crippen molar-refractivity contribution in [1.82, 2.24) is 14.5 Å². The lowest BCUT2D eigenvalue weighted by atomic mass is 10.1. The first-order valence-electron chi connectivity index (χ1n) is 7.41. The summed E-state index contributed by atoms with van der Waals surface area (Å²) >= 11 is 0. The molecule has 0 radical (unpaired) electrons. The smallest absolute Gasteiger partial charge is 0.407 e. The molecule has 1 amide bonds. The number of likely N-dealkylation sites (tertiary alicyclic amines) is 1. The quantitative estimate of drug-likeness (QED) is 0.933. The van der Waals surface area contributed by atoms with Crippen molar-refractivity contribution in [2.45, 2.75) is 18.9 Å². The SMILES string of the molecule is O=C(O)N1CCC(Oc2ccn(-c3ccncc3)c(=O)c2)CC1. The Kier molecular flexibility index (Phi) is 4.27. The van der Waals surface area contributed by atoms with Gasteiger partial charge in [0.15, 0.2) is 0 Å². The molecule has 120 valence electrons. The molecule has 7 nitrogen and oxygen atoms in total. The lowest BCUT2D eigenvalue weighted by Gasteiger charge is -2.30. The van der Waals surface area contributed by atoms with Gasteiger partial charge in [0.05, 0.1) is 5.69 Å². The number of carbonyl (C=O) groups is 1. The summed E-state index contributed by atoms with van der Waals surface area (Å²) in [6.45, 7) is 0.905. The van der Waals surface area contributed by atoms with Crippen LogP contribution in [0.4, 0.5) is 4.79 Å². The summed E-state index contributed by atoms with van der Waals surface area (Å²) in [4.78, 5) is 28.4. The van der Waals surface area contributed by atoms with Crippen LogP contribution in [0.1, 0.15) is 12.8 Å². The standard InChI is InChI=1S/C16H17N3O4/c20-15-11-14(5-10-19(15)12-1-6-17-7-2-12)23-13-3-8-18(9-4-13)16(21)22/h1-2,5-7,10-11,13H,3-4,8-9H2,(H,21,22). The van der Waals surface area contributed by atoms with E-state index in [1.54, 1.807) is 36.8 Å². The monoisotopic (exact) mass is 315 g/mol. The van der Waals surface area contributed by atoms with E-state index in [0.29, 0.717) is 31.7 Å². The normalized spacial score (nSPS) is 15.4. The molecule has 1 N–H and O–H groups in total. The Morgan fingerprint density at radius 1 is 1.22 bits per heavy atom. The Balaban J connectivity index is 1.68. The molecule has 0 atom stereocenters. The second kappa shape index (κ2) is 6.51. The van der Waals surface area contributed by atoms with Crippen LogP contribution in [-0.2, 0) is 0 Å². The van der Waals surface area contributed by atoms with Gasteiger partial charge in [-0.2, -0.15) is 0 Å². The highest BCUT2D eigenvalue weighted by atomic mass is 16.5. The summed E-state index contributed by atoms with van der Waals surface area (Å²) in [7, 11) is 0. The fourth-order valence-corrected chi connectivity index (χ4v) is 2.61. The highest BCUT2D eigenvalue weighted by Crippen LogP contribution is 2.18. The molecule has 2 aromatic rings. The van der Waals surface area contributed by atoms with Gasteiger partial charge in [-0.1, -0.05) is 0 Å². The minimum Gasteiger partial charge on any atom is -0.490 e. The first-order valence-corrected chi connectivity index (χ1v) is 7.41. The second-order valence-electron chi connectivity index (χ2n) is 5.36. The van der Waals surface area contributed by atoms with E-state index in [9.17, 15) is 9.59 Å². The molecular formula is C16H17N3O4. The van der Waals surface area contributed by atoms with Gasteiger partial charge in [0, 0.05) is 50.6 Å². The van der Waals surface area contributed by atoms with Crippen LogP contribution in [0.15, 0.2) is 47.7 Å². The summed E-state index contributed by atoms with van der Waals surface area (Å²) < 4.78 is 7.33. The molecule has 23 heavy (non-hydrogen) atoms. The summed E-state index contributed by atoms with van der Waals surface area (Å²) in [5, 5.41) is 8.93. The highest BCUT2D eigenvalue weighted by molar-refractivity contribution is 5.65. The van der Waals surface area contributed by atoms with E-state index in [-0.39, 0.29) is 11.7 Å². The van der Waals surface area contributed by atoms with Crippen LogP contribution in [-0.4, -0.2) is 44.8 Å². The zero-order valence-corrected chi connectivity index (χ0v) is 12.5. The summed E-state index contributed by atoms with van der Waals surface area (Å²) in [6, 6.07) is 6.70. The van der Waals surface area contributed by atoms with E-state index in [0.717, 1.165) is 5.69 Å². The topological polar surface area (TPSA) is 84.7 Å². The van der Waals surface area contributed by atoms with Crippen molar-refractivity contribution < 1.29 is 14.6 Å². The molecule has 1 fully saturated rings. The van der Waals surface area contributed by atoms with Crippen LogP contribution < -0.4 is 10.3 Å². The Labute approximate surface area is 132 Å². The van der Waals surface area contributed by atoms with E-state index in [2.05, 4.69) is 4.98 Å². The van der Waals surface area contributed by atoms with Crippen molar-refractivity contribution in [2.75, 3.05) is 13.1 Å². The number of ether oxygens (including phenoxy) is 1. The lowest BCUT2D eigenvalue weighted by molar-refractivity contribution is 0.0893. The van der Waals surface area contributed by atoms with Crippen LogP contribution >= 0.6 is 0 Å². The van der Waals surface area contributed by atoms with Gasteiger partial charge >= 0.3 is 6.09 Å². The van der Waals surface area contributed by atoms with Gasteiger partial charge in [-0.25, -0.2) is 4.79 Å². The fraction of sp³-hybridized carbons (Fsp3) is 0.312. The lowest BCUT2D eigenvalue weighted by Crippen LogP contribution is -2.41. The van der Waals surface area contributed by atoms with E-state index >= 15 is 0 Å². The summed E-state index contributed by atoms with van der Waals surface area (Å²) in [5.41, 5.74) is 0.558. The zero-order chi connectivity index (χ0) is 16.2. The number of pyridine rings is 2. The summed E-state index contributed by atoms with van der Waals surface area (Å²) in [6.07, 6.45) is 5.20. The Bertz CT molecular complexity index is 736. The third-order valence-electron chi connectivity index (χ3n) is 3.85. The number of piperidine rings is 1. The first kappa shape index (κ1) is 15.1.